The first kappa shape index (κ1) is 21.7. The van der Waals surface area contributed by atoms with Gasteiger partial charge in [-0.1, -0.05) is 37.8 Å². The van der Waals surface area contributed by atoms with Crippen molar-refractivity contribution in [1.82, 2.24) is 0 Å². The van der Waals surface area contributed by atoms with E-state index in [4.69, 9.17) is 0 Å². The largest absolute Gasteiger partial charge is 0.508 e. The van der Waals surface area contributed by atoms with E-state index in [1.807, 2.05) is 6.07 Å². The summed E-state index contributed by atoms with van der Waals surface area (Å²) in [5, 5.41) is 28.6. The number of carbonyl (C=O) groups is 2. The van der Waals surface area contributed by atoms with E-state index in [2.05, 4.69) is 6.07 Å². The number of benzene rings is 1. The highest BCUT2D eigenvalue weighted by Crippen LogP contribution is 2.50. The summed E-state index contributed by atoms with van der Waals surface area (Å²) in [4.78, 5) is 22.4. The fourth-order valence-electron chi connectivity index (χ4n) is 4.36. The topological polar surface area (TPSA) is 94.8 Å². The van der Waals surface area contributed by atoms with Gasteiger partial charge < -0.3 is 15.3 Å². The average molecular weight is 403 g/mol. The van der Waals surface area contributed by atoms with Crippen molar-refractivity contribution in [2.75, 3.05) is 0 Å². The third-order valence-electron chi connectivity index (χ3n) is 6.98. The van der Waals surface area contributed by atoms with Gasteiger partial charge in [0.2, 0.25) is 0 Å². The Balaban J connectivity index is 1.33. The van der Waals surface area contributed by atoms with E-state index in [-0.39, 0.29) is 0 Å². The molecule has 2 saturated carbocycles. The van der Waals surface area contributed by atoms with Crippen LogP contribution in [0.15, 0.2) is 18.2 Å². The Hall–Kier alpha value is -2.04. The van der Waals surface area contributed by atoms with E-state index < -0.39 is 22.8 Å². The summed E-state index contributed by atoms with van der Waals surface area (Å²) in [6, 6.07) is 5.82. The highest BCUT2D eigenvalue weighted by atomic mass is 16.4. The fraction of sp³-hybridized carbons (Fsp3) is 0.667. The molecular weight excluding hydrogens is 368 g/mol. The van der Waals surface area contributed by atoms with Crippen LogP contribution in [0, 0.1) is 10.8 Å². The van der Waals surface area contributed by atoms with Crippen molar-refractivity contribution < 1.29 is 24.9 Å². The van der Waals surface area contributed by atoms with E-state index in [1.165, 1.54) is 5.56 Å². The van der Waals surface area contributed by atoms with Crippen LogP contribution in [0.3, 0.4) is 0 Å². The minimum atomic E-state index is -0.639. The number of hydrogen-bond acceptors (Lipinski definition) is 3. The van der Waals surface area contributed by atoms with Gasteiger partial charge in [0.05, 0.1) is 10.8 Å². The van der Waals surface area contributed by atoms with E-state index in [9.17, 15) is 24.9 Å². The molecule has 0 spiro atoms. The lowest BCUT2D eigenvalue weighted by molar-refractivity contribution is -0.144. The number of carboxylic acids is 2. The van der Waals surface area contributed by atoms with Crippen molar-refractivity contribution >= 4 is 11.9 Å². The quantitative estimate of drug-likeness (QED) is 0.366. The molecule has 160 valence electrons. The SMILES string of the molecule is O=C(O)C1(CCCCCCc2cc(CCCCC3(C(=O)O)CC3)ccc2O)CC1. The molecule has 29 heavy (non-hydrogen) atoms. The predicted molar refractivity (Wildman–Crippen MR) is 111 cm³/mol. The molecule has 5 nitrogen and oxygen atoms in total. The first-order valence-electron chi connectivity index (χ1n) is 11.1. The maximum absolute atomic E-state index is 11.2. The van der Waals surface area contributed by atoms with Crippen molar-refractivity contribution in [2.24, 2.45) is 10.8 Å². The molecule has 0 bridgehead atoms. The molecule has 2 aliphatic carbocycles. The van der Waals surface area contributed by atoms with E-state index in [0.717, 1.165) is 95.5 Å². The number of phenolic OH excluding ortho intramolecular Hbond substituents is 1. The number of aliphatic carboxylic acids is 2. The summed E-state index contributed by atoms with van der Waals surface area (Å²) in [5.41, 5.74) is 1.35. The number of phenols is 1. The highest BCUT2D eigenvalue weighted by molar-refractivity contribution is 5.78. The summed E-state index contributed by atoms with van der Waals surface area (Å²) in [6.07, 6.45) is 12.6. The van der Waals surface area contributed by atoms with Crippen LogP contribution in [0.4, 0.5) is 0 Å². The Morgan fingerprint density at radius 3 is 1.83 bits per heavy atom. The molecule has 0 atom stereocenters. The molecule has 1 aromatic carbocycles. The fourth-order valence-corrected chi connectivity index (χ4v) is 4.36. The van der Waals surface area contributed by atoms with Gasteiger partial charge in [0.1, 0.15) is 5.75 Å². The van der Waals surface area contributed by atoms with Crippen LogP contribution in [0.1, 0.15) is 88.2 Å². The van der Waals surface area contributed by atoms with Gasteiger partial charge in [-0.3, -0.25) is 9.59 Å². The molecule has 5 heteroatoms. The summed E-state index contributed by atoms with van der Waals surface area (Å²) in [5.74, 6) is -0.923. The molecule has 3 rings (SSSR count). The van der Waals surface area contributed by atoms with Crippen LogP contribution in [-0.4, -0.2) is 27.3 Å². The Kier molecular flexibility index (Phi) is 6.86. The standard InChI is InChI=1S/C24H34O5/c25-20-10-9-18(7-4-6-12-24(15-16-24)22(28)29)17-19(20)8-3-1-2-5-11-23(13-14-23)21(26)27/h9-10,17,25H,1-8,11-16H2,(H,26,27)(H,28,29). The Bertz CT molecular complexity index is 731. The van der Waals surface area contributed by atoms with Crippen molar-refractivity contribution in [3.05, 3.63) is 29.3 Å². The molecule has 2 fully saturated rings. The van der Waals surface area contributed by atoms with Crippen LogP contribution < -0.4 is 0 Å². The first-order valence-corrected chi connectivity index (χ1v) is 11.1. The smallest absolute Gasteiger partial charge is 0.309 e. The second kappa shape index (κ2) is 9.19. The van der Waals surface area contributed by atoms with Crippen LogP contribution in [0.5, 0.6) is 5.75 Å². The third kappa shape index (κ3) is 5.74. The molecule has 0 radical (unpaired) electrons. The van der Waals surface area contributed by atoms with Gasteiger partial charge in [-0.15, -0.1) is 0 Å². The van der Waals surface area contributed by atoms with Crippen molar-refractivity contribution in [2.45, 2.75) is 89.9 Å². The molecule has 2 aliphatic rings. The third-order valence-corrected chi connectivity index (χ3v) is 6.98. The van der Waals surface area contributed by atoms with Gasteiger partial charge in [-0.25, -0.2) is 0 Å². The van der Waals surface area contributed by atoms with E-state index in [0.29, 0.717) is 5.75 Å². The van der Waals surface area contributed by atoms with Gasteiger partial charge in [-0.2, -0.15) is 0 Å². The van der Waals surface area contributed by atoms with Crippen LogP contribution in [0.2, 0.25) is 0 Å². The molecule has 0 aliphatic heterocycles. The van der Waals surface area contributed by atoms with Gasteiger partial charge in [0.15, 0.2) is 0 Å². The molecule has 3 N–H and O–H groups in total. The maximum Gasteiger partial charge on any atom is 0.309 e. The zero-order valence-corrected chi connectivity index (χ0v) is 17.3. The maximum atomic E-state index is 11.2. The number of unbranched alkanes of at least 4 members (excludes halogenated alkanes) is 4. The predicted octanol–water partition coefficient (Wildman–Crippen LogP) is 5.33. The monoisotopic (exact) mass is 402 g/mol. The lowest BCUT2D eigenvalue weighted by atomic mass is 9.95. The number of aromatic hydroxyl groups is 1. The van der Waals surface area contributed by atoms with E-state index in [1.54, 1.807) is 6.07 Å². The summed E-state index contributed by atoms with van der Waals surface area (Å²) < 4.78 is 0. The number of hydrogen-bond donors (Lipinski definition) is 3. The minimum Gasteiger partial charge on any atom is -0.508 e. The lowest BCUT2D eigenvalue weighted by Gasteiger charge is -2.11. The van der Waals surface area contributed by atoms with Gasteiger partial charge in [0, 0.05) is 0 Å². The minimum absolute atomic E-state index is 0.347. The van der Waals surface area contributed by atoms with Gasteiger partial charge in [0.25, 0.3) is 0 Å². The molecule has 1 aromatic rings. The van der Waals surface area contributed by atoms with E-state index >= 15 is 0 Å². The van der Waals surface area contributed by atoms with Crippen LogP contribution in [-0.2, 0) is 22.4 Å². The Morgan fingerprint density at radius 2 is 1.28 bits per heavy atom. The average Bonchev–Trinajstić information content (AvgIpc) is 3.59. The highest BCUT2D eigenvalue weighted by Gasteiger charge is 2.49. The second-order valence-electron chi connectivity index (χ2n) is 9.26. The molecule has 0 amide bonds. The zero-order chi connectivity index (χ0) is 20.9. The Morgan fingerprint density at radius 1 is 0.759 bits per heavy atom. The van der Waals surface area contributed by atoms with Crippen LogP contribution >= 0.6 is 0 Å². The van der Waals surface area contributed by atoms with Crippen molar-refractivity contribution in [1.29, 1.82) is 0 Å². The van der Waals surface area contributed by atoms with Crippen LogP contribution in [0.25, 0.3) is 0 Å². The molecule has 0 saturated heterocycles. The zero-order valence-electron chi connectivity index (χ0n) is 17.3. The second-order valence-corrected chi connectivity index (χ2v) is 9.26. The normalized spacial score (nSPS) is 18.3. The number of carboxylic acid groups (broad SMARTS) is 2. The number of rotatable bonds is 14. The van der Waals surface area contributed by atoms with Crippen molar-refractivity contribution in [3.8, 4) is 5.75 Å². The van der Waals surface area contributed by atoms with Crippen molar-refractivity contribution in [3.63, 3.8) is 0 Å². The number of aryl methyl sites for hydroxylation is 2. The first-order chi connectivity index (χ1) is 13.9. The molecular formula is C24H34O5. The summed E-state index contributed by atoms with van der Waals surface area (Å²) in [7, 11) is 0. The molecule has 0 aromatic heterocycles. The Labute approximate surface area is 173 Å². The van der Waals surface area contributed by atoms with Gasteiger partial charge >= 0.3 is 11.9 Å². The summed E-state index contributed by atoms with van der Waals surface area (Å²) >= 11 is 0. The molecule has 0 heterocycles. The summed E-state index contributed by atoms with van der Waals surface area (Å²) in [6.45, 7) is 0. The lowest BCUT2D eigenvalue weighted by Crippen LogP contribution is -2.14. The van der Waals surface area contributed by atoms with Gasteiger partial charge in [-0.05, 0) is 81.4 Å². The molecule has 0 unspecified atom stereocenters.